The average molecular weight is 247 g/mol. The molecule has 0 aromatic rings. The predicted molar refractivity (Wildman–Crippen MR) is 63.9 cm³/mol. The van der Waals surface area contributed by atoms with Gasteiger partial charge in [-0.25, -0.2) is 8.42 Å². The van der Waals surface area contributed by atoms with Gasteiger partial charge in [0.1, 0.15) is 0 Å². The zero-order valence-electron chi connectivity index (χ0n) is 10.1. The lowest BCUT2D eigenvalue weighted by Gasteiger charge is -2.25. The molecule has 1 unspecified atom stereocenters. The molecule has 0 aromatic heterocycles. The molecule has 94 valence electrons. The summed E-state index contributed by atoms with van der Waals surface area (Å²) in [6, 6.07) is 0. The van der Waals surface area contributed by atoms with Crippen LogP contribution < -0.4 is 0 Å². The van der Waals surface area contributed by atoms with Gasteiger partial charge in [0.2, 0.25) is 5.91 Å². The molecule has 4 nitrogen and oxygen atoms in total. The lowest BCUT2D eigenvalue weighted by Crippen LogP contribution is -2.34. The van der Waals surface area contributed by atoms with Crippen molar-refractivity contribution in [1.29, 1.82) is 0 Å². The van der Waals surface area contributed by atoms with Crippen molar-refractivity contribution in [2.75, 3.05) is 24.6 Å². The standard InChI is InChI=1S/C11H21NO3S/c1-3-12(4-2)11(13)8-10-6-5-7-16(14,15)9-10/h10H,3-9H2,1-2H3. The van der Waals surface area contributed by atoms with Gasteiger partial charge in [0, 0.05) is 19.5 Å². The van der Waals surface area contributed by atoms with Gasteiger partial charge in [-0.1, -0.05) is 0 Å². The van der Waals surface area contributed by atoms with E-state index in [-0.39, 0.29) is 17.6 Å². The van der Waals surface area contributed by atoms with Gasteiger partial charge < -0.3 is 4.90 Å². The van der Waals surface area contributed by atoms with Gasteiger partial charge in [-0.3, -0.25) is 4.79 Å². The van der Waals surface area contributed by atoms with Crippen molar-refractivity contribution in [2.45, 2.75) is 33.1 Å². The van der Waals surface area contributed by atoms with Crippen LogP contribution in [-0.4, -0.2) is 43.8 Å². The summed E-state index contributed by atoms with van der Waals surface area (Å²) in [5.74, 6) is 0.613. The molecule has 1 heterocycles. The van der Waals surface area contributed by atoms with Crippen LogP contribution in [0.15, 0.2) is 0 Å². The molecule has 0 bridgehead atoms. The van der Waals surface area contributed by atoms with Crippen molar-refractivity contribution >= 4 is 15.7 Å². The van der Waals surface area contributed by atoms with Crippen LogP contribution in [0.3, 0.4) is 0 Å². The fourth-order valence-corrected chi connectivity index (χ4v) is 4.01. The zero-order chi connectivity index (χ0) is 12.2. The van der Waals surface area contributed by atoms with E-state index in [0.717, 1.165) is 6.42 Å². The van der Waals surface area contributed by atoms with Crippen molar-refractivity contribution in [3.8, 4) is 0 Å². The van der Waals surface area contributed by atoms with Gasteiger partial charge in [0.15, 0.2) is 9.84 Å². The van der Waals surface area contributed by atoms with E-state index < -0.39 is 9.84 Å². The molecule has 1 saturated heterocycles. The van der Waals surface area contributed by atoms with E-state index in [1.807, 2.05) is 13.8 Å². The second-order valence-corrected chi connectivity index (χ2v) is 6.62. The minimum absolute atomic E-state index is 0.0341. The highest BCUT2D eigenvalue weighted by Crippen LogP contribution is 2.22. The highest BCUT2D eigenvalue weighted by atomic mass is 32.2. The Hall–Kier alpha value is -0.580. The van der Waals surface area contributed by atoms with Crippen LogP contribution in [0.2, 0.25) is 0 Å². The minimum Gasteiger partial charge on any atom is -0.343 e. The van der Waals surface area contributed by atoms with Crippen LogP contribution in [0.4, 0.5) is 0 Å². The van der Waals surface area contributed by atoms with Crippen molar-refractivity contribution in [3.05, 3.63) is 0 Å². The third-order valence-electron chi connectivity index (χ3n) is 3.14. The van der Waals surface area contributed by atoms with E-state index in [9.17, 15) is 13.2 Å². The molecule has 1 amide bonds. The molecule has 1 rings (SSSR count). The number of hydrogen-bond acceptors (Lipinski definition) is 3. The van der Waals surface area contributed by atoms with Crippen LogP contribution in [0.25, 0.3) is 0 Å². The van der Waals surface area contributed by atoms with Crippen LogP contribution in [-0.2, 0) is 14.6 Å². The first-order chi connectivity index (χ1) is 7.48. The summed E-state index contributed by atoms with van der Waals surface area (Å²) in [5, 5.41) is 0. The number of carbonyl (C=O) groups excluding carboxylic acids is 1. The number of nitrogens with zero attached hydrogens (tertiary/aromatic N) is 1. The second kappa shape index (κ2) is 5.66. The minimum atomic E-state index is -2.89. The third-order valence-corrected chi connectivity index (χ3v) is 5.03. The Bertz CT molecular complexity index is 333. The lowest BCUT2D eigenvalue weighted by molar-refractivity contribution is -0.131. The Morgan fingerprint density at radius 1 is 1.31 bits per heavy atom. The van der Waals surface area contributed by atoms with E-state index >= 15 is 0 Å². The topological polar surface area (TPSA) is 54.5 Å². The van der Waals surface area contributed by atoms with Gasteiger partial charge in [-0.05, 0) is 32.6 Å². The number of amides is 1. The van der Waals surface area contributed by atoms with Crippen molar-refractivity contribution < 1.29 is 13.2 Å². The molecule has 1 aliphatic rings. The smallest absolute Gasteiger partial charge is 0.222 e. The molecule has 0 N–H and O–H groups in total. The van der Waals surface area contributed by atoms with E-state index in [4.69, 9.17) is 0 Å². The van der Waals surface area contributed by atoms with Crippen molar-refractivity contribution in [2.24, 2.45) is 5.92 Å². The SMILES string of the molecule is CCN(CC)C(=O)CC1CCCS(=O)(=O)C1. The Balaban J connectivity index is 2.51. The van der Waals surface area contributed by atoms with E-state index in [0.29, 0.717) is 31.7 Å². The average Bonchev–Trinajstić information content (AvgIpc) is 2.17. The number of rotatable bonds is 4. The Kier molecular flexibility index (Phi) is 4.77. The maximum absolute atomic E-state index is 11.8. The largest absolute Gasteiger partial charge is 0.343 e. The molecule has 1 atom stereocenters. The number of carbonyl (C=O) groups is 1. The summed E-state index contributed by atoms with van der Waals surface area (Å²) in [4.78, 5) is 13.6. The van der Waals surface area contributed by atoms with E-state index in [2.05, 4.69) is 0 Å². The first kappa shape index (κ1) is 13.5. The number of sulfone groups is 1. The molecule has 0 spiro atoms. The van der Waals surface area contributed by atoms with E-state index in [1.54, 1.807) is 4.90 Å². The molecule has 0 aromatic carbocycles. The molecular formula is C11H21NO3S. The third kappa shape index (κ3) is 3.77. The van der Waals surface area contributed by atoms with Gasteiger partial charge in [0.05, 0.1) is 11.5 Å². The molecule has 0 saturated carbocycles. The molecule has 0 aliphatic carbocycles. The summed E-state index contributed by atoms with van der Waals surface area (Å²) in [6.45, 7) is 5.29. The monoisotopic (exact) mass is 247 g/mol. The Morgan fingerprint density at radius 3 is 2.44 bits per heavy atom. The summed E-state index contributed by atoms with van der Waals surface area (Å²) in [5.41, 5.74) is 0. The van der Waals surface area contributed by atoms with Gasteiger partial charge in [-0.15, -0.1) is 0 Å². The zero-order valence-corrected chi connectivity index (χ0v) is 10.9. The van der Waals surface area contributed by atoms with Crippen LogP contribution in [0.1, 0.15) is 33.1 Å². The van der Waals surface area contributed by atoms with Crippen LogP contribution >= 0.6 is 0 Å². The van der Waals surface area contributed by atoms with Crippen molar-refractivity contribution in [1.82, 2.24) is 4.90 Å². The number of hydrogen-bond donors (Lipinski definition) is 0. The summed E-state index contributed by atoms with van der Waals surface area (Å²) in [7, 11) is -2.89. The lowest BCUT2D eigenvalue weighted by atomic mass is 10.0. The summed E-state index contributed by atoms with van der Waals surface area (Å²) >= 11 is 0. The van der Waals surface area contributed by atoms with Crippen LogP contribution in [0, 0.1) is 5.92 Å². The first-order valence-corrected chi connectivity index (χ1v) is 7.78. The van der Waals surface area contributed by atoms with Gasteiger partial charge in [0.25, 0.3) is 0 Å². The van der Waals surface area contributed by atoms with Crippen LogP contribution in [0.5, 0.6) is 0 Å². The maximum atomic E-state index is 11.8. The molecule has 0 radical (unpaired) electrons. The van der Waals surface area contributed by atoms with E-state index in [1.165, 1.54) is 0 Å². The Morgan fingerprint density at radius 2 is 1.94 bits per heavy atom. The fraction of sp³-hybridized carbons (Fsp3) is 0.909. The fourth-order valence-electron chi connectivity index (χ4n) is 2.23. The maximum Gasteiger partial charge on any atom is 0.222 e. The first-order valence-electron chi connectivity index (χ1n) is 5.96. The molecule has 5 heteroatoms. The summed E-state index contributed by atoms with van der Waals surface area (Å²) < 4.78 is 22.9. The Labute approximate surface area is 97.9 Å². The second-order valence-electron chi connectivity index (χ2n) is 4.39. The van der Waals surface area contributed by atoms with Gasteiger partial charge in [-0.2, -0.15) is 0 Å². The van der Waals surface area contributed by atoms with Gasteiger partial charge >= 0.3 is 0 Å². The highest BCUT2D eigenvalue weighted by Gasteiger charge is 2.27. The molecule has 1 fully saturated rings. The quantitative estimate of drug-likeness (QED) is 0.746. The summed E-state index contributed by atoms with van der Waals surface area (Å²) in [6.07, 6.45) is 1.96. The normalized spacial score (nSPS) is 24.0. The molecular weight excluding hydrogens is 226 g/mol. The highest BCUT2D eigenvalue weighted by molar-refractivity contribution is 7.91. The molecule has 1 aliphatic heterocycles. The predicted octanol–water partition coefficient (Wildman–Crippen LogP) is 1.07. The molecule has 16 heavy (non-hydrogen) atoms. The van der Waals surface area contributed by atoms with Crippen molar-refractivity contribution in [3.63, 3.8) is 0 Å².